The fraction of sp³-hybridized carbons (Fsp3) is 0.333. The highest BCUT2D eigenvalue weighted by molar-refractivity contribution is 5.40. The van der Waals surface area contributed by atoms with E-state index in [1.165, 1.54) is 36.1 Å². The van der Waals surface area contributed by atoms with E-state index in [1.54, 1.807) is 0 Å². The van der Waals surface area contributed by atoms with Gasteiger partial charge in [0.1, 0.15) is 0 Å². The Balaban J connectivity index is 1.79. The van der Waals surface area contributed by atoms with Crippen molar-refractivity contribution in [1.82, 2.24) is 4.90 Å². The molecule has 0 saturated carbocycles. The van der Waals surface area contributed by atoms with E-state index in [2.05, 4.69) is 48.2 Å². The van der Waals surface area contributed by atoms with Crippen molar-refractivity contribution in [2.24, 2.45) is 0 Å². The number of aryl methyl sites for hydroxylation is 1. The zero-order chi connectivity index (χ0) is 13.9. The van der Waals surface area contributed by atoms with Crippen LogP contribution in [0, 0.1) is 6.92 Å². The molecule has 2 aromatic rings. The number of benzene rings is 2. The molecule has 3 rings (SSSR count). The van der Waals surface area contributed by atoms with Crippen LogP contribution in [-0.4, -0.2) is 11.4 Å². The van der Waals surface area contributed by atoms with E-state index in [1.807, 2.05) is 12.1 Å². The maximum Gasteiger partial charge on any atom is 0.0352 e. The number of anilines is 1. The minimum Gasteiger partial charge on any atom is -0.399 e. The predicted octanol–water partition coefficient (Wildman–Crippen LogP) is 3.91. The van der Waals surface area contributed by atoms with Crippen molar-refractivity contribution in [3.8, 4) is 0 Å². The van der Waals surface area contributed by atoms with Crippen LogP contribution in [0.25, 0.3) is 0 Å². The van der Waals surface area contributed by atoms with E-state index in [4.69, 9.17) is 5.73 Å². The Morgan fingerprint density at radius 3 is 2.80 bits per heavy atom. The van der Waals surface area contributed by atoms with Crippen LogP contribution >= 0.6 is 0 Å². The molecule has 0 amide bonds. The van der Waals surface area contributed by atoms with Gasteiger partial charge in [-0.2, -0.15) is 0 Å². The first-order chi connectivity index (χ1) is 9.72. The fourth-order valence-electron chi connectivity index (χ4n) is 3.20. The average Bonchev–Trinajstić information content (AvgIpc) is 2.87. The molecule has 0 radical (unpaired) electrons. The van der Waals surface area contributed by atoms with Gasteiger partial charge in [-0.15, -0.1) is 0 Å². The average molecular weight is 266 g/mol. The summed E-state index contributed by atoms with van der Waals surface area (Å²) in [5, 5.41) is 0. The summed E-state index contributed by atoms with van der Waals surface area (Å²) in [5.74, 6) is 0. The van der Waals surface area contributed by atoms with Gasteiger partial charge < -0.3 is 5.73 Å². The van der Waals surface area contributed by atoms with Crippen molar-refractivity contribution in [2.75, 3.05) is 12.3 Å². The Labute approximate surface area is 121 Å². The van der Waals surface area contributed by atoms with E-state index in [9.17, 15) is 0 Å². The zero-order valence-electron chi connectivity index (χ0n) is 12.0. The van der Waals surface area contributed by atoms with E-state index in [0.717, 1.165) is 12.2 Å². The molecule has 0 spiro atoms. The second-order valence-electron chi connectivity index (χ2n) is 5.79. The number of nitrogens with zero attached hydrogens (tertiary/aromatic N) is 1. The van der Waals surface area contributed by atoms with Crippen molar-refractivity contribution in [3.63, 3.8) is 0 Å². The van der Waals surface area contributed by atoms with E-state index >= 15 is 0 Å². The van der Waals surface area contributed by atoms with Gasteiger partial charge in [-0.3, -0.25) is 4.90 Å². The Morgan fingerprint density at radius 1 is 1.15 bits per heavy atom. The minimum absolute atomic E-state index is 0.552. The fourth-order valence-corrected chi connectivity index (χ4v) is 3.20. The molecule has 1 fully saturated rings. The third kappa shape index (κ3) is 2.86. The molecule has 2 N–H and O–H groups in total. The maximum absolute atomic E-state index is 5.88. The summed E-state index contributed by atoms with van der Waals surface area (Å²) < 4.78 is 0. The highest BCUT2D eigenvalue weighted by Gasteiger charge is 2.25. The zero-order valence-corrected chi connectivity index (χ0v) is 12.0. The highest BCUT2D eigenvalue weighted by Crippen LogP contribution is 2.33. The number of hydrogen-bond donors (Lipinski definition) is 1. The molecule has 1 atom stereocenters. The molecule has 0 aliphatic carbocycles. The summed E-state index contributed by atoms with van der Waals surface area (Å²) in [4.78, 5) is 2.57. The molecular formula is C18H22N2. The lowest BCUT2D eigenvalue weighted by molar-refractivity contribution is 0.248. The molecular weight excluding hydrogens is 244 g/mol. The van der Waals surface area contributed by atoms with E-state index < -0.39 is 0 Å². The SMILES string of the molecule is Cc1cccc(C2CCCN2Cc2cccc(N)c2)c1. The third-order valence-electron chi connectivity index (χ3n) is 4.13. The molecule has 2 nitrogen and oxygen atoms in total. The summed E-state index contributed by atoms with van der Waals surface area (Å²) in [7, 11) is 0. The normalized spacial score (nSPS) is 19.4. The van der Waals surface area contributed by atoms with Crippen LogP contribution < -0.4 is 5.73 Å². The topological polar surface area (TPSA) is 29.3 Å². The van der Waals surface area contributed by atoms with Gasteiger partial charge >= 0.3 is 0 Å². The summed E-state index contributed by atoms with van der Waals surface area (Å²) in [6, 6.07) is 17.7. The van der Waals surface area contributed by atoms with Crippen LogP contribution in [0.1, 0.15) is 35.6 Å². The molecule has 1 aliphatic rings. The number of hydrogen-bond acceptors (Lipinski definition) is 2. The molecule has 1 heterocycles. The van der Waals surface area contributed by atoms with Crippen LogP contribution in [0.15, 0.2) is 48.5 Å². The Bertz CT molecular complexity index is 591. The number of rotatable bonds is 3. The maximum atomic E-state index is 5.88. The van der Waals surface area contributed by atoms with Crippen molar-refractivity contribution in [3.05, 3.63) is 65.2 Å². The highest BCUT2D eigenvalue weighted by atomic mass is 15.2. The Kier molecular flexibility index (Phi) is 3.75. The molecule has 0 bridgehead atoms. The van der Waals surface area contributed by atoms with Gasteiger partial charge in [0, 0.05) is 18.3 Å². The van der Waals surface area contributed by atoms with Gasteiger partial charge in [0.25, 0.3) is 0 Å². The first-order valence-corrected chi connectivity index (χ1v) is 7.37. The lowest BCUT2D eigenvalue weighted by Gasteiger charge is -2.25. The van der Waals surface area contributed by atoms with Crippen LogP contribution in [0.4, 0.5) is 5.69 Å². The molecule has 20 heavy (non-hydrogen) atoms. The first kappa shape index (κ1) is 13.2. The summed E-state index contributed by atoms with van der Waals surface area (Å²) in [6.45, 7) is 4.33. The summed E-state index contributed by atoms with van der Waals surface area (Å²) in [6.07, 6.45) is 2.53. The van der Waals surface area contributed by atoms with Crippen molar-refractivity contribution in [1.29, 1.82) is 0 Å². The number of nitrogens with two attached hydrogens (primary N) is 1. The minimum atomic E-state index is 0.552. The lowest BCUT2D eigenvalue weighted by Crippen LogP contribution is -2.22. The van der Waals surface area contributed by atoms with Gasteiger partial charge in [0.2, 0.25) is 0 Å². The molecule has 2 aromatic carbocycles. The van der Waals surface area contributed by atoms with Crippen LogP contribution in [0.2, 0.25) is 0 Å². The van der Waals surface area contributed by atoms with Crippen LogP contribution in [0.3, 0.4) is 0 Å². The Morgan fingerprint density at radius 2 is 2.00 bits per heavy atom. The number of likely N-dealkylation sites (tertiary alicyclic amines) is 1. The van der Waals surface area contributed by atoms with E-state index in [-0.39, 0.29) is 0 Å². The van der Waals surface area contributed by atoms with Gasteiger partial charge in [-0.05, 0) is 49.6 Å². The quantitative estimate of drug-likeness (QED) is 0.853. The van der Waals surface area contributed by atoms with Gasteiger partial charge in [-0.1, -0.05) is 42.0 Å². The van der Waals surface area contributed by atoms with Gasteiger partial charge in [-0.25, -0.2) is 0 Å². The molecule has 2 heteroatoms. The number of nitrogen functional groups attached to an aromatic ring is 1. The van der Waals surface area contributed by atoms with Crippen LogP contribution in [0.5, 0.6) is 0 Å². The second kappa shape index (κ2) is 5.68. The Hall–Kier alpha value is -1.80. The largest absolute Gasteiger partial charge is 0.399 e. The summed E-state index contributed by atoms with van der Waals surface area (Å²) in [5.41, 5.74) is 10.8. The van der Waals surface area contributed by atoms with E-state index in [0.29, 0.717) is 6.04 Å². The standard InChI is InChI=1S/C18H22N2/c1-14-5-2-7-16(11-14)18-9-4-10-20(18)13-15-6-3-8-17(19)12-15/h2-3,5-8,11-12,18H,4,9-10,13,19H2,1H3. The first-order valence-electron chi connectivity index (χ1n) is 7.37. The van der Waals surface area contributed by atoms with Crippen molar-refractivity contribution < 1.29 is 0 Å². The molecule has 1 aliphatic heterocycles. The monoisotopic (exact) mass is 266 g/mol. The molecule has 104 valence electrons. The lowest BCUT2D eigenvalue weighted by atomic mass is 10.0. The third-order valence-corrected chi connectivity index (χ3v) is 4.13. The second-order valence-corrected chi connectivity index (χ2v) is 5.79. The van der Waals surface area contributed by atoms with Crippen LogP contribution in [-0.2, 0) is 6.54 Å². The van der Waals surface area contributed by atoms with Gasteiger partial charge in [0.05, 0.1) is 0 Å². The smallest absolute Gasteiger partial charge is 0.0352 e. The summed E-state index contributed by atoms with van der Waals surface area (Å²) >= 11 is 0. The van der Waals surface area contributed by atoms with Crippen molar-refractivity contribution >= 4 is 5.69 Å². The molecule has 0 aromatic heterocycles. The van der Waals surface area contributed by atoms with Crippen molar-refractivity contribution in [2.45, 2.75) is 32.4 Å². The molecule has 1 saturated heterocycles. The molecule has 1 unspecified atom stereocenters. The predicted molar refractivity (Wildman–Crippen MR) is 84.4 cm³/mol. The van der Waals surface area contributed by atoms with Gasteiger partial charge in [0.15, 0.2) is 0 Å².